The van der Waals surface area contributed by atoms with E-state index in [0.29, 0.717) is 0 Å². The molecule has 0 aliphatic heterocycles. The number of hydrogen-bond donors (Lipinski definition) is 0. The fourth-order valence-corrected chi connectivity index (χ4v) is 4.94. The summed E-state index contributed by atoms with van der Waals surface area (Å²) in [4.78, 5) is 0. The predicted octanol–water partition coefficient (Wildman–Crippen LogP) is 13.0. The summed E-state index contributed by atoms with van der Waals surface area (Å²) in [7, 11) is -6.65. The quantitative estimate of drug-likeness (QED) is 0.0871. The van der Waals surface area contributed by atoms with Crippen LogP contribution in [0.4, 0.5) is 105 Å². The molecule has 0 fully saturated rings. The highest BCUT2D eigenvalue weighted by molar-refractivity contribution is 14.1. The van der Waals surface area contributed by atoms with E-state index in [-0.39, 0.29) is 0 Å². The Morgan fingerprint density at radius 1 is 0.300 bits per heavy atom. The zero-order valence-electron chi connectivity index (χ0n) is 25.0. The summed E-state index contributed by atoms with van der Waals surface area (Å²) in [6, 6.07) is 0. The number of alkyl halides is 24. The second-order valence-corrected chi connectivity index (χ2v) is 26.9. The molecule has 0 spiro atoms. The van der Waals surface area contributed by atoms with Crippen molar-refractivity contribution < 1.29 is 105 Å². The van der Waals surface area contributed by atoms with Gasteiger partial charge < -0.3 is 0 Å². The summed E-state index contributed by atoms with van der Waals surface area (Å²) in [6.45, 7) is 5.94. The van der Waals surface area contributed by atoms with Gasteiger partial charge in [-0.15, -0.1) is 0 Å². The highest BCUT2D eigenvalue weighted by atomic mass is 127. The molecule has 0 heterocycles. The van der Waals surface area contributed by atoms with E-state index in [2.05, 4.69) is 0 Å². The average Bonchev–Trinajstić information content (AvgIpc) is 2.85. The van der Waals surface area contributed by atoms with E-state index in [4.69, 9.17) is 0 Å². The summed E-state index contributed by atoms with van der Waals surface area (Å²) in [5, 5.41) is 0. The Morgan fingerprint density at radius 3 is 0.540 bits per heavy atom. The normalized spacial score (nSPS) is 17.4. The maximum Gasteiger partial charge on any atom is 0.385 e. The van der Waals surface area contributed by atoms with Gasteiger partial charge in [-0.3, -0.25) is 0 Å². The van der Waals surface area contributed by atoms with Gasteiger partial charge in [0.25, 0.3) is 0 Å². The van der Waals surface area contributed by atoms with Gasteiger partial charge in [-0.2, -0.15) is 105 Å². The van der Waals surface area contributed by atoms with Gasteiger partial charge in [0.05, 0.1) is 16.1 Å². The van der Waals surface area contributed by atoms with Crippen LogP contribution in [0.15, 0.2) is 18.6 Å². The molecule has 0 radical (unpaired) electrons. The third kappa shape index (κ3) is 7.14. The van der Waals surface area contributed by atoms with Crippen LogP contribution in [0.1, 0.15) is 0 Å². The van der Waals surface area contributed by atoms with Gasteiger partial charge in [-0.05, 0) is 18.6 Å². The molecule has 0 aliphatic carbocycles. The van der Waals surface area contributed by atoms with Gasteiger partial charge in [0.2, 0.25) is 0 Å². The lowest BCUT2D eigenvalue weighted by Crippen LogP contribution is -2.78. The monoisotopic (exact) mass is 1050 g/mol. The molecule has 0 N–H and O–H groups in total. The van der Waals surface area contributed by atoms with Crippen molar-refractivity contribution in [2.45, 2.75) is 110 Å². The van der Waals surface area contributed by atoms with Crippen molar-refractivity contribution in [1.29, 1.82) is 0 Å². The highest BCUT2D eigenvalue weighted by Crippen LogP contribution is 2.68. The summed E-state index contributed by atoms with van der Waals surface area (Å²) < 4.78 is 337. The maximum atomic E-state index is 14.2. The third-order valence-electron chi connectivity index (χ3n) is 6.44. The minimum absolute atomic E-state index is 0.736. The van der Waals surface area contributed by atoms with Crippen LogP contribution in [-0.2, 0) is 0 Å². The largest absolute Gasteiger partial charge is 0.385 e. The summed E-state index contributed by atoms with van der Waals surface area (Å²) >= 11 is 1.47. The van der Waals surface area contributed by atoms with E-state index in [9.17, 15) is 105 Å². The number of allylic oxidation sites excluding steroid dienone is 2. The predicted molar refractivity (Wildman–Crippen MR) is 150 cm³/mol. The van der Waals surface area contributed by atoms with Gasteiger partial charge in [-0.1, -0.05) is 84.5 Å². The first-order chi connectivity index (χ1) is 21.0. The van der Waals surface area contributed by atoms with E-state index in [1.165, 1.54) is 0 Å². The molecule has 0 bridgehead atoms. The molecular weight excluding hydrogens is 1030 g/mol. The molecular formula is C22H20F24I2Si2. The van der Waals surface area contributed by atoms with E-state index in [0.717, 1.165) is 84.5 Å². The minimum atomic E-state index is -9.49. The topological polar surface area (TPSA) is 0 Å². The number of hydrogen-bond acceptors (Lipinski definition) is 0. The third-order valence-corrected chi connectivity index (χ3v) is 19.9. The second-order valence-electron chi connectivity index (χ2n) is 12.5. The molecule has 0 unspecified atom stereocenters. The van der Waals surface area contributed by atoms with Crippen LogP contribution in [0.2, 0.25) is 39.3 Å². The second kappa shape index (κ2) is 13.2. The van der Waals surface area contributed by atoms with Gasteiger partial charge >= 0.3 is 71.1 Å². The lowest BCUT2D eigenvalue weighted by Gasteiger charge is -2.45. The first-order valence-electron chi connectivity index (χ1n) is 12.3. The molecule has 0 saturated carbocycles. The van der Waals surface area contributed by atoms with Gasteiger partial charge in [-0.25, -0.2) is 0 Å². The summed E-state index contributed by atoms with van der Waals surface area (Å²) in [5.41, 5.74) is 0. The Labute approximate surface area is 294 Å². The fraction of sp³-hybridized carbons (Fsp3) is 0.818. The van der Waals surface area contributed by atoms with E-state index in [1.54, 1.807) is 0 Å². The smallest absolute Gasteiger partial charge is 0.195 e. The molecule has 0 rings (SSSR count). The van der Waals surface area contributed by atoms with Crippen molar-refractivity contribution in [3.63, 3.8) is 0 Å². The van der Waals surface area contributed by atoms with Crippen LogP contribution in [-0.4, -0.2) is 87.2 Å². The molecule has 28 heteroatoms. The van der Waals surface area contributed by atoms with Gasteiger partial charge in [0, 0.05) is 0 Å². The molecule has 50 heavy (non-hydrogen) atoms. The van der Waals surface area contributed by atoms with Crippen LogP contribution in [0, 0.1) is 0 Å². The standard InChI is InChI=1S/C22H20F24I2Si2/c1-49(2,3)9(47)7-11(23,24)13(27,28)15(31,32)17(35,36)19(39,40)21(43,44)22(45,46)20(41,42)18(37,38)16(33,34)14(29,30)12(25,26)8-10(48)50(4,5)6/h7-8H,1-6H3. The zero-order valence-corrected chi connectivity index (χ0v) is 31.3. The Balaban J connectivity index is 7.56. The first kappa shape index (κ1) is 49.7. The van der Waals surface area contributed by atoms with Crippen molar-refractivity contribution in [3.8, 4) is 0 Å². The number of rotatable bonds is 15. The molecule has 0 nitrogen and oxygen atoms in total. The molecule has 0 aromatic carbocycles. The van der Waals surface area contributed by atoms with Crippen LogP contribution < -0.4 is 0 Å². The first-order valence-corrected chi connectivity index (χ1v) is 21.5. The molecule has 0 saturated heterocycles. The van der Waals surface area contributed by atoms with Crippen molar-refractivity contribution >= 4 is 61.3 Å². The van der Waals surface area contributed by atoms with Gasteiger partial charge in [0.15, 0.2) is 0 Å². The van der Waals surface area contributed by atoms with Crippen molar-refractivity contribution in [2.24, 2.45) is 0 Å². The SMILES string of the molecule is C[Si](C)(C)C(I)=CC(F)(F)C(F)(F)C(F)(F)C(F)(F)C(F)(F)C(F)(F)C(F)(F)C(F)(F)C(F)(F)C(F)(F)C(F)(F)C(F)(F)C=C(I)[Si](C)(C)C. The Hall–Kier alpha value is -0.306. The molecule has 0 aromatic rings. The fourth-order valence-electron chi connectivity index (χ4n) is 2.93. The maximum absolute atomic E-state index is 14.2. The zero-order chi connectivity index (χ0) is 41.6. The van der Waals surface area contributed by atoms with Crippen LogP contribution >= 0.6 is 45.2 Å². The molecule has 0 atom stereocenters. The molecule has 0 aromatic heterocycles. The summed E-state index contributed by atoms with van der Waals surface area (Å²) in [6.07, 6.45) is -2.53. The van der Waals surface area contributed by atoms with E-state index >= 15 is 0 Å². The van der Waals surface area contributed by atoms with Crippen molar-refractivity contribution in [2.75, 3.05) is 0 Å². The Kier molecular flexibility index (Phi) is 13.1. The Bertz CT molecular complexity index is 1220. The van der Waals surface area contributed by atoms with E-state index < -0.39 is 106 Å². The molecule has 0 aliphatic rings. The van der Waals surface area contributed by atoms with Crippen LogP contribution in [0.5, 0.6) is 0 Å². The number of halogens is 26. The van der Waals surface area contributed by atoms with Crippen molar-refractivity contribution in [3.05, 3.63) is 18.6 Å². The molecule has 0 amide bonds. The highest BCUT2D eigenvalue weighted by Gasteiger charge is 2.99. The lowest BCUT2D eigenvalue weighted by molar-refractivity contribution is -0.476. The molecule has 298 valence electrons. The van der Waals surface area contributed by atoms with Gasteiger partial charge in [0.1, 0.15) is 0 Å². The average molecular weight is 1050 g/mol. The van der Waals surface area contributed by atoms with Crippen LogP contribution in [0.3, 0.4) is 0 Å². The minimum Gasteiger partial charge on any atom is -0.195 e. The summed E-state index contributed by atoms with van der Waals surface area (Å²) in [5.74, 6) is -103. The van der Waals surface area contributed by atoms with Crippen LogP contribution in [0.25, 0.3) is 0 Å². The lowest BCUT2D eigenvalue weighted by atomic mass is 9.84. The van der Waals surface area contributed by atoms with Crippen molar-refractivity contribution in [1.82, 2.24) is 0 Å². The Morgan fingerprint density at radius 2 is 0.420 bits per heavy atom. The van der Waals surface area contributed by atoms with E-state index in [1.807, 2.05) is 0 Å².